The zero-order chi connectivity index (χ0) is 9.14. The molecule has 0 radical (unpaired) electrons. The number of nitrogen functional groups attached to an aromatic ring is 1. The topological polar surface area (TPSA) is 86.2 Å². The third-order valence-corrected chi connectivity index (χ3v) is 1.41. The molecule has 0 aliphatic carbocycles. The van der Waals surface area contributed by atoms with Crippen LogP contribution in [0.1, 0.15) is 10.4 Å². The van der Waals surface area contributed by atoms with E-state index in [1.807, 2.05) is 0 Å². The number of hydrogen-bond donors (Lipinski definition) is 1. The van der Waals surface area contributed by atoms with Crippen LogP contribution in [0.2, 0.25) is 0 Å². The lowest BCUT2D eigenvalue weighted by atomic mass is 10.2. The molecule has 0 amide bonds. The van der Waals surface area contributed by atoms with E-state index in [9.17, 15) is 14.9 Å². The van der Waals surface area contributed by atoms with Gasteiger partial charge in [-0.2, -0.15) is 0 Å². The van der Waals surface area contributed by atoms with Crippen LogP contribution in [0.25, 0.3) is 0 Å². The second-order valence-corrected chi connectivity index (χ2v) is 2.19. The quantitative estimate of drug-likeness (QED) is 0.307. The summed E-state index contributed by atoms with van der Waals surface area (Å²) in [6.07, 6.45) is 0.555. The number of non-ortho nitro benzene ring substituents is 1. The van der Waals surface area contributed by atoms with Gasteiger partial charge in [-0.05, 0) is 6.07 Å². The highest BCUT2D eigenvalue weighted by atomic mass is 16.6. The molecule has 0 atom stereocenters. The molecule has 0 aliphatic heterocycles. The highest BCUT2D eigenvalue weighted by molar-refractivity contribution is 5.84. The molecule has 5 heteroatoms. The van der Waals surface area contributed by atoms with Crippen molar-refractivity contribution in [3.05, 3.63) is 33.9 Å². The van der Waals surface area contributed by atoms with Crippen molar-refractivity contribution in [1.82, 2.24) is 0 Å². The molecule has 1 rings (SSSR count). The molecular formula is C7H6N2O3. The first kappa shape index (κ1) is 8.19. The van der Waals surface area contributed by atoms with Crippen molar-refractivity contribution in [2.45, 2.75) is 0 Å². The van der Waals surface area contributed by atoms with Gasteiger partial charge in [-0.15, -0.1) is 0 Å². The molecule has 1 aromatic rings. The molecule has 1 aromatic carbocycles. The van der Waals surface area contributed by atoms with Gasteiger partial charge in [0.2, 0.25) is 0 Å². The van der Waals surface area contributed by atoms with Crippen molar-refractivity contribution in [2.75, 3.05) is 5.73 Å². The molecule has 0 unspecified atom stereocenters. The van der Waals surface area contributed by atoms with Gasteiger partial charge in [0.1, 0.15) is 0 Å². The summed E-state index contributed by atoms with van der Waals surface area (Å²) in [5.41, 5.74) is 5.61. The molecule has 0 aromatic heterocycles. The Morgan fingerprint density at radius 3 is 2.58 bits per heavy atom. The third kappa shape index (κ3) is 1.39. The minimum atomic E-state index is -0.565. The first-order chi connectivity index (χ1) is 5.65. The van der Waals surface area contributed by atoms with Crippen molar-refractivity contribution in [3.63, 3.8) is 0 Å². The molecule has 0 spiro atoms. The first-order valence-corrected chi connectivity index (χ1v) is 3.14. The summed E-state index contributed by atoms with van der Waals surface area (Å²) in [5.74, 6) is 0. The normalized spacial score (nSPS) is 9.33. The number of rotatable bonds is 2. The molecular weight excluding hydrogens is 160 g/mol. The largest absolute Gasteiger partial charge is 0.398 e. The minimum Gasteiger partial charge on any atom is -0.398 e. The second-order valence-electron chi connectivity index (χ2n) is 2.19. The predicted octanol–water partition coefficient (Wildman–Crippen LogP) is 0.990. The summed E-state index contributed by atoms with van der Waals surface area (Å²) < 4.78 is 0. The van der Waals surface area contributed by atoms with Crippen molar-refractivity contribution in [3.8, 4) is 0 Å². The van der Waals surface area contributed by atoms with Crippen molar-refractivity contribution >= 4 is 17.7 Å². The Labute approximate surface area is 68.0 Å². The average molecular weight is 166 g/mol. The van der Waals surface area contributed by atoms with Crippen LogP contribution in [0.3, 0.4) is 0 Å². The summed E-state index contributed by atoms with van der Waals surface area (Å²) in [4.78, 5) is 19.9. The maximum atomic E-state index is 10.3. The van der Waals surface area contributed by atoms with Gasteiger partial charge >= 0.3 is 0 Å². The number of nitrogens with zero attached hydrogens (tertiary/aromatic N) is 1. The average Bonchev–Trinajstić information content (AvgIpc) is 2.04. The van der Waals surface area contributed by atoms with Crippen LogP contribution in [0.5, 0.6) is 0 Å². The van der Waals surface area contributed by atoms with Gasteiger partial charge in [-0.25, -0.2) is 0 Å². The van der Waals surface area contributed by atoms with Crippen LogP contribution < -0.4 is 5.73 Å². The summed E-state index contributed by atoms with van der Waals surface area (Å²) in [7, 11) is 0. The molecule has 0 bridgehead atoms. The van der Waals surface area contributed by atoms with E-state index in [-0.39, 0.29) is 16.9 Å². The number of carbonyl (C=O) groups excluding carboxylic acids is 1. The van der Waals surface area contributed by atoms with Gasteiger partial charge in [0, 0.05) is 23.4 Å². The van der Waals surface area contributed by atoms with E-state index in [1.54, 1.807) is 0 Å². The van der Waals surface area contributed by atoms with Crippen molar-refractivity contribution in [1.29, 1.82) is 0 Å². The van der Waals surface area contributed by atoms with Crippen LogP contribution >= 0.6 is 0 Å². The van der Waals surface area contributed by atoms with Crippen LogP contribution in [0.4, 0.5) is 11.4 Å². The summed E-state index contributed by atoms with van der Waals surface area (Å²) >= 11 is 0. The number of benzene rings is 1. The van der Waals surface area contributed by atoms with Gasteiger partial charge in [0.25, 0.3) is 5.69 Å². The molecule has 2 N–H and O–H groups in total. The predicted molar refractivity (Wildman–Crippen MR) is 42.9 cm³/mol. The lowest BCUT2D eigenvalue weighted by molar-refractivity contribution is -0.384. The number of anilines is 1. The van der Waals surface area contributed by atoms with E-state index >= 15 is 0 Å². The molecule has 0 heterocycles. The van der Waals surface area contributed by atoms with Crippen molar-refractivity contribution < 1.29 is 9.72 Å². The lowest BCUT2D eigenvalue weighted by Crippen LogP contribution is -1.95. The van der Waals surface area contributed by atoms with Crippen LogP contribution in [0, 0.1) is 10.1 Å². The van der Waals surface area contributed by atoms with E-state index in [2.05, 4.69) is 0 Å². The Balaban J connectivity index is 3.18. The maximum Gasteiger partial charge on any atom is 0.271 e. The van der Waals surface area contributed by atoms with E-state index in [0.29, 0.717) is 6.29 Å². The molecule has 0 saturated carbocycles. The Bertz CT molecular complexity index is 335. The maximum absolute atomic E-state index is 10.3. The molecule has 0 saturated heterocycles. The molecule has 0 fully saturated rings. The standard InChI is InChI=1S/C7H6N2O3/c8-7-3-6(9(11)12)2-1-5(7)4-10/h1-4H,8H2. The van der Waals surface area contributed by atoms with Crippen LogP contribution in [-0.4, -0.2) is 11.2 Å². The van der Waals surface area contributed by atoms with Gasteiger partial charge in [0.05, 0.1) is 4.92 Å². The third-order valence-electron chi connectivity index (χ3n) is 1.41. The van der Waals surface area contributed by atoms with Crippen LogP contribution in [0.15, 0.2) is 18.2 Å². The summed E-state index contributed by atoms with van der Waals surface area (Å²) in [5, 5.41) is 10.2. The Kier molecular flexibility index (Phi) is 2.05. The number of nitro benzene ring substituents is 1. The Morgan fingerprint density at radius 1 is 1.50 bits per heavy atom. The number of nitrogens with two attached hydrogens (primary N) is 1. The highest BCUT2D eigenvalue weighted by Gasteiger charge is 2.07. The van der Waals surface area contributed by atoms with Crippen molar-refractivity contribution in [2.24, 2.45) is 0 Å². The second kappa shape index (κ2) is 3.00. The monoisotopic (exact) mass is 166 g/mol. The first-order valence-electron chi connectivity index (χ1n) is 3.14. The molecule has 62 valence electrons. The number of nitro groups is 1. The number of carbonyl (C=O) groups is 1. The van der Waals surface area contributed by atoms with Crippen LogP contribution in [-0.2, 0) is 0 Å². The zero-order valence-corrected chi connectivity index (χ0v) is 6.06. The molecule has 5 nitrogen and oxygen atoms in total. The van der Waals surface area contributed by atoms with E-state index in [1.165, 1.54) is 12.1 Å². The zero-order valence-electron chi connectivity index (χ0n) is 6.06. The fourth-order valence-electron chi connectivity index (χ4n) is 0.783. The van der Waals surface area contributed by atoms with E-state index in [4.69, 9.17) is 5.73 Å². The minimum absolute atomic E-state index is 0.113. The van der Waals surface area contributed by atoms with Gasteiger partial charge in [0.15, 0.2) is 6.29 Å². The van der Waals surface area contributed by atoms with Gasteiger partial charge in [-0.1, -0.05) is 0 Å². The lowest BCUT2D eigenvalue weighted by Gasteiger charge is -1.96. The van der Waals surface area contributed by atoms with Gasteiger partial charge < -0.3 is 5.73 Å². The molecule has 0 aliphatic rings. The Hall–Kier alpha value is -1.91. The SMILES string of the molecule is Nc1cc([N+](=O)[O-])ccc1C=O. The number of hydrogen-bond acceptors (Lipinski definition) is 4. The molecule has 12 heavy (non-hydrogen) atoms. The Morgan fingerprint density at radius 2 is 2.17 bits per heavy atom. The summed E-state index contributed by atoms with van der Waals surface area (Å²) in [6, 6.07) is 3.71. The number of aldehydes is 1. The van der Waals surface area contributed by atoms with Gasteiger partial charge in [-0.3, -0.25) is 14.9 Å². The fraction of sp³-hybridized carbons (Fsp3) is 0. The van der Waals surface area contributed by atoms with E-state index in [0.717, 1.165) is 6.07 Å². The summed E-state index contributed by atoms with van der Waals surface area (Å²) in [6.45, 7) is 0. The highest BCUT2D eigenvalue weighted by Crippen LogP contribution is 2.17. The van der Waals surface area contributed by atoms with E-state index < -0.39 is 4.92 Å². The smallest absolute Gasteiger partial charge is 0.271 e. The fourth-order valence-corrected chi connectivity index (χ4v) is 0.783.